The van der Waals surface area contributed by atoms with E-state index in [1.54, 1.807) is 45.0 Å². The van der Waals surface area contributed by atoms with Crippen LogP contribution in [0.4, 0.5) is 0 Å². The lowest BCUT2D eigenvalue weighted by Crippen LogP contribution is -2.31. The number of hydrogen-bond donors (Lipinski definition) is 1. The summed E-state index contributed by atoms with van der Waals surface area (Å²) in [6.45, 7) is 6.20. The van der Waals surface area contributed by atoms with Crippen molar-refractivity contribution in [2.45, 2.75) is 38.1 Å². The number of ether oxygens (including phenoxy) is 2. The Morgan fingerprint density at radius 2 is 1.69 bits per heavy atom. The first kappa shape index (κ1) is 25.4. The number of amides is 1. The van der Waals surface area contributed by atoms with Crippen molar-refractivity contribution < 1.29 is 27.5 Å². The zero-order chi connectivity index (χ0) is 23.7. The maximum Gasteiger partial charge on any atom is 0.308 e. The third-order valence-electron chi connectivity index (χ3n) is 4.94. The summed E-state index contributed by atoms with van der Waals surface area (Å²) in [4.78, 5) is 25.1. The van der Waals surface area contributed by atoms with Crippen LogP contribution < -0.4 is 10.1 Å². The van der Waals surface area contributed by atoms with Crippen molar-refractivity contribution in [1.29, 1.82) is 0 Å². The summed E-state index contributed by atoms with van der Waals surface area (Å²) in [5.74, 6) is -0.285. The van der Waals surface area contributed by atoms with Gasteiger partial charge in [0, 0.05) is 18.7 Å². The fraction of sp³-hybridized carbons (Fsp3) is 0.391. The van der Waals surface area contributed by atoms with E-state index in [1.807, 2.05) is 0 Å². The maximum absolute atomic E-state index is 12.9. The highest BCUT2D eigenvalue weighted by Crippen LogP contribution is 2.23. The summed E-state index contributed by atoms with van der Waals surface area (Å²) in [6, 6.07) is 12.2. The molecule has 1 amide bonds. The quantitative estimate of drug-likeness (QED) is 0.515. The van der Waals surface area contributed by atoms with E-state index >= 15 is 0 Å². The summed E-state index contributed by atoms with van der Waals surface area (Å²) in [6.07, 6.45) is -0.0544. The highest BCUT2D eigenvalue weighted by Gasteiger charge is 2.23. The average Bonchev–Trinajstić information content (AvgIpc) is 2.79. The molecule has 0 bridgehead atoms. The third-order valence-corrected chi connectivity index (χ3v) is 7.00. The van der Waals surface area contributed by atoms with Gasteiger partial charge in [0.05, 0.1) is 31.1 Å². The number of carbonyl (C=O) groups is 2. The molecule has 0 aliphatic carbocycles. The SMILES string of the molecule is CCOC(=O)CC(NC(=O)c1ccc(S(=O)(=O)N(CC)CC)cc1)c1cccc(OC)c1. The highest BCUT2D eigenvalue weighted by molar-refractivity contribution is 7.89. The van der Waals surface area contributed by atoms with Gasteiger partial charge < -0.3 is 14.8 Å². The number of sulfonamides is 1. The Morgan fingerprint density at radius 1 is 1.03 bits per heavy atom. The molecule has 1 atom stereocenters. The number of esters is 1. The molecule has 2 rings (SSSR count). The molecule has 0 heterocycles. The van der Waals surface area contributed by atoms with Crippen LogP contribution >= 0.6 is 0 Å². The molecule has 0 aliphatic rings. The Kier molecular flexibility index (Phi) is 9.22. The molecule has 0 radical (unpaired) electrons. The molecular weight excluding hydrogens is 432 g/mol. The van der Waals surface area contributed by atoms with Gasteiger partial charge in [-0.15, -0.1) is 0 Å². The van der Waals surface area contributed by atoms with Gasteiger partial charge in [-0.25, -0.2) is 8.42 Å². The molecular formula is C23H30N2O6S. The van der Waals surface area contributed by atoms with Crippen LogP contribution in [0.5, 0.6) is 5.75 Å². The Hall–Kier alpha value is -2.91. The maximum atomic E-state index is 12.9. The van der Waals surface area contributed by atoms with Gasteiger partial charge in [0.2, 0.25) is 10.0 Å². The Morgan fingerprint density at radius 3 is 2.25 bits per heavy atom. The van der Waals surface area contributed by atoms with Gasteiger partial charge in [0.25, 0.3) is 5.91 Å². The van der Waals surface area contributed by atoms with E-state index in [0.717, 1.165) is 0 Å². The molecule has 0 saturated heterocycles. The average molecular weight is 463 g/mol. The smallest absolute Gasteiger partial charge is 0.308 e. The van der Waals surface area contributed by atoms with Gasteiger partial charge in [-0.05, 0) is 48.9 Å². The van der Waals surface area contributed by atoms with Gasteiger partial charge in [0.15, 0.2) is 0 Å². The Bertz CT molecular complexity index is 1020. The lowest BCUT2D eigenvalue weighted by atomic mass is 10.0. The van der Waals surface area contributed by atoms with Crippen LogP contribution in [-0.4, -0.2) is 51.4 Å². The van der Waals surface area contributed by atoms with Crippen LogP contribution in [0, 0.1) is 0 Å². The van der Waals surface area contributed by atoms with Crippen molar-refractivity contribution in [2.24, 2.45) is 0 Å². The number of nitrogens with one attached hydrogen (secondary N) is 1. The second kappa shape index (κ2) is 11.6. The largest absolute Gasteiger partial charge is 0.497 e. The first-order valence-corrected chi connectivity index (χ1v) is 11.9. The van der Waals surface area contributed by atoms with Crippen LogP contribution in [0.2, 0.25) is 0 Å². The van der Waals surface area contributed by atoms with Gasteiger partial charge in [-0.2, -0.15) is 4.31 Å². The molecule has 0 fully saturated rings. The normalized spacial score (nSPS) is 12.3. The van der Waals surface area contributed by atoms with Crippen LogP contribution in [0.1, 0.15) is 49.2 Å². The van der Waals surface area contributed by atoms with Crippen molar-refractivity contribution in [3.8, 4) is 5.75 Å². The van der Waals surface area contributed by atoms with Crippen LogP contribution in [0.15, 0.2) is 53.4 Å². The minimum atomic E-state index is -3.61. The highest BCUT2D eigenvalue weighted by atomic mass is 32.2. The van der Waals surface area contributed by atoms with Crippen molar-refractivity contribution >= 4 is 21.9 Å². The Balaban J connectivity index is 2.26. The molecule has 1 unspecified atom stereocenters. The number of hydrogen-bond acceptors (Lipinski definition) is 6. The molecule has 174 valence electrons. The fourth-order valence-corrected chi connectivity index (χ4v) is 4.69. The summed E-state index contributed by atoms with van der Waals surface area (Å²) in [5.41, 5.74) is 0.965. The summed E-state index contributed by atoms with van der Waals surface area (Å²) in [5, 5.41) is 2.84. The zero-order valence-corrected chi connectivity index (χ0v) is 19.6. The molecule has 0 spiro atoms. The minimum absolute atomic E-state index is 0.0544. The number of methoxy groups -OCH3 is 1. The second-order valence-electron chi connectivity index (χ2n) is 6.93. The molecule has 9 heteroatoms. The molecule has 2 aromatic rings. The summed E-state index contributed by atoms with van der Waals surface area (Å²) in [7, 11) is -2.08. The van der Waals surface area contributed by atoms with E-state index in [4.69, 9.17) is 9.47 Å². The number of carbonyl (C=O) groups excluding carboxylic acids is 2. The van der Waals surface area contributed by atoms with Crippen molar-refractivity contribution in [3.05, 3.63) is 59.7 Å². The lowest BCUT2D eigenvalue weighted by molar-refractivity contribution is -0.143. The monoisotopic (exact) mass is 462 g/mol. The Labute approximate surface area is 189 Å². The van der Waals surface area contributed by atoms with E-state index in [9.17, 15) is 18.0 Å². The molecule has 1 N–H and O–H groups in total. The van der Waals surface area contributed by atoms with Crippen LogP contribution in [0.25, 0.3) is 0 Å². The molecule has 0 saturated carbocycles. The van der Waals surface area contributed by atoms with Gasteiger partial charge >= 0.3 is 5.97 Å². The molecule has 0 aliphatic heterocycles. The predicted molar refractivity (Wildman–Crippen MR) is 121 cm³/mol. The summed E-state index contributed by atoms with van der Waals surface area (Å²) < 4.78 is 36.9. The van der Waals surface area contributed by atoms with Crippen molar-refractivity contribution in [2.75, 3.05) is 26.8 Å². The third kappa shape index (κ3) is 6.30. The minimum Gasteiger partial charge on any atom is -0.497 e. The number of rotatable bonds is 11. The lowest BCUT2D eigenvalue weighted by Gasteiger charge is -2.20. The first-order valence-electron chi connectivity index (χ1n) is 10.5. The van der Waals surface area contributed by atoms with Crippen molar-refractivity contribution in [1.82, 2.24) is 9.62 Å². The summed E-state index contributed by atoms with van der Waals surface area (Å²) >= 11 is 0. The van der Waals surface area contributed by atoms with Gasteiger partial charge in [-0.1, -0.05) is 26.0 Å². The fourth-order valence-electron chi connectivity index (χ4n) is 3.23. The zero-order valence-electron chi connectivity index (χ0n) is 18.8. The molecule has 32 heavy (non-hydrogen) atoms. The van der Waals surface area contributed by atoms with E-state index < -0.39 is 27.9 Å². The van der Waals surface area contributed by atoms with E-state index in [2.05, 4.69) is 5.32 Å². The van der Waals surface area contributed by atoms with Crippen LogP contribution in [-0.2, 0) is 19.6 Å². The van der Waals surface area contributed by atoms with Crippen LogP contribution in [0.3, 0.4) is 0 Å². The second-order valence-corrected chi connectivity index (χ2v) is 8.86. The van der Waals surface area contributed by atoms with E-state index in [0.29, 0.717) is 24.4 Å². The standard InChI is InChI=1S/C23H30N2O6S/c1-5-25(6-2)32(28,29)20-13-11-17(12-14-20)23(27)24-21(16-22(26)31-7-3)18-9-8-10-19(15-18)30-4/h8-15,21H,5-7,16H2,1-4H3,(H,24,27). The van der Waals surface area contributed by atoms with E-state index in [-0.39, 0.29) is 23.5 Å². The molecule has 8 nitrogen and oxygen atoms in total. The van der Waals surface area contributed by atoms with Crippen molar-refractivity contribution in [3.63, 3.8) is 0 Å². The number of nitrogens with zero attached hydrogens (tertiary/aromatic N) is 1. The molecule has 2 aromatic carbocycles. The van der Waals surface area contributed by atoms with E-state index in [1.165, 1.54) is 35.7 Å². The first-order chi connectivity index (χ1) is 15.3. The topological polar surface area (TPSA) is 102 Å². The van der Waals surface area contributed by atoms with Gasteiger partial charge in [0.1, 0.15) is 5.75 Å². The number of benzene rings is 2. The molecule has 0 aromatic heterocycles. The van der Waals surface area contributed by atoms with Gasteiger partial charge in [-0.3, -0.25) is 9.59 Å². The predicted octanol–water partition coefficient (Wildman–Crippen LogP) is 3.15.